The molecule has 6 heteroatoms. The Labute approximate surface area is 117 Å². The van der Waals surface area contributed by atoms with E-state index >= 15 is 0 Å². The maximum absolute atomic E-state index is 11.5. The molecule has 0 bridgehead atoms. The average molecular weight is 277 g/mol. The quantitative estimate of drug-likeness (QED) is 0.757. The molecule has 0 aromatic carbocycles. The zero-order valence-corrected chi connectivity index (χ0v) is 11.6. The summed E-state index contributed by atoms with van der Waals surface area (Å²) >= 11 is 0. The number of pyridine rings is 1. The van der Waals surface area contributed by atoms with Crippen molar-refractivity contribution in [3.8, 4) is 0 Å². The summed E-state index contributed by atoms with van der Waals surface area (Å²) in [5, 5.41) is 3.00. The molecule has 0 atom stereocenters. The molecule has 2 rings (SSSR count). The molecular weight excluding hydrogens is 258 g/mol. The van der Waals surface area contributed by atoms with E-state index in [1.807, 2.05) is 6.07 Å². The Kier molecular flexibility index (Phi) is 4.55. The Hall–Kier alpha value is -2.11. The van der Waals surface area contributed by atoms with Crippen LogP contribution in [0.3, 0.4) is 0 Å². The number of carbonyl (C=O) groups is 2. The number of esters is 1. The molecule has 0 radical (unpaired) electrons. The molecule has 108 valence electrons. The molecule has 0 aliphatic heterocycles. The lowest BCUT2D eigenvalue weighted by Crippen LogP contribution is -2.18. The van der Waals surface area contributed by atoms with E-state index in [1.165, 1.54) is 0 Å². The third-order valence-corrected chi connectivity index (χ3v) is 3.24. The summed E-state index contributed by atoms with van der Waals surface area (Å²) in [7, 11) is 0. The molecule has 1 heterocycles. The third-order valence-electron chi connectivity index (χ3n) is 3.24. The van der Waals surface area contributed by atoms with Gasteiger partial charge in [0.1, 0.15) is 5.82 Å². The lowest BCUT2D eigenvalue weighted by Gasteiger charge is -2.11. The highest BCUT2D eigenvalue weighted by Crippen LogP contribution is 2.25. The standard InChI is InChI=1S/C14H19N3O3/c1-2-20-12(18)6-7-16-14-10(13(15)19)8-9-4-3-5-11(9)17-14/h8H,2-7H2,1H3,(H2,15,19)(H,16,17). The minimum Gasteiger partial charge on any atom is -0.466 e. The Bertz CT molecular complexity index is 529. The highest BCUT2D eigenvalue weighted by atomic mass is 16.5. The first-order valence-electron chi connectivity index (χ1n) is 6.84. The van der Waals surface area contributed by atoms with Gasteiger partial charge in [-0.1, -0.05) is 0 Å². The predicted molar refractivity (Wildman–Crippen MR) is 74.5 cm³/mol. The lowest BCUT2D eigenvalue weighted by atomic mass is 10.1. The van der Waals surface area contributed by atoms with Crippen LogP contribution in [0, 0.1) is 0 Å². The van der Waals surface area contributed by atoms with Gasteiger partial charge in [0, 0.05) is 12.2 Å². The number of fused-ring (bicyclic) bond motifs is 1. The van der Waals surface area contributed by atoms with Gasteiger partial charge in [-0.2, -0.15) is 0 Å². The van der Waals surface area contributed by atoms with Gasteiger partial charge in [0.15, 0.2) is 0 Å². The molecule has 0 spiro atoms. The van der Waals surface area contributed by atoms with Crippen LogP contribution in [-0.4, -0.2) is 30.0 Å². The van der Waals surface area contributed by atoms with Crippen LogP contribution in [0.2, 0.25) is 0 Å². The van der Waals surface area contributed by atoms with Crippen LogP contribution in [0.1, 0.15) is 41.4 Å². The van der Waals surface area contributed by atoms with Gasteiger partial charge in [0.25, 0.3) is 5.91 Å². The highest BCUT2D eigenvalue weighted by Gasteiger charge is 2.18. The number of rotatable bonds is 6. The number of nitrogens with two attached hydrogens (primary N) is 1. The first kappa shape index (κ1) is 14.3. The first-order valence-corrected chi connectivity index (χ1v) is 6.84. The van der Waals surface area contributed by atoms with E-state index in [4.69, 9.17) is 10.5 Å². The van der Waals surface area contributed by atoms with Crippen molar-refractivity contribution in [2.24, 2.45) is 5.73 Å². The summed E-state index contributed by atoms with van der Waals surface area (Å²) in [5.41, 5.74) is 7.86. The highest BCUT2D eigenvalue weighted by molar-refractivity contribution is 5.97. The average Bonchev–Trinajstić information content (AvgIpc) is 2.85. The summed E-state index contributed by atoms with van der Waals surface area (Å²) in [6, 6.07) is 1.81. The summed E-state index contributed by atoms with van der Waals surface area (Å²) in [6.45, 7) is 2.49. The van der Waals surface area contributed by atoms with Crippen molar-refractivity contribution in [1.82, 2.24) is 4.98 Å². The summed E-state index contributed by atoms with van der Waals surface area (Å²) in [5.74, 6) is -0.324. The maximum Gasteiger partial charge on any atom is 0.307 e. The van der Waals surface area contributed by atoms with Crippen molar-refractivity contribution in [2.45, 2.75) is 32.6 Å². The van der Waals surface area contributed by atoms with Crippen molar-refractivity contribution in [2.75, 3.05) is 18.5 Å². The van der Waals surface area contributed by atoms with Crippen LogP contribution in [0.15, 0.2) is 6.07 Å². The van der Waals surface area contributed by atoms with Gasteiger partial charge < -0.3 is 15.8 Å². The van der Waals surface area contributed by atoms with E-state index in [2.05, 4.69) is 10.3 Å². The summed E-state index contributed by atoms with van der Waals surface area (Å²) < 4.78 is 4.84. The number of anilines is 1. The van der Waals surface area contributed by atoms with Crippen molar-refractivity contribution in [1.29, 1.82) is 0 Å². The molecule has 1 aliphatic rings. The van der Waals surface area contributed by atoms with Crippen molar-refractivity contribution in [3.05, 3.63) is 22.9 Å². The number of aryl methyl sites for hydroxylation is 2. The monoisotopic (exact) mass is 277 g/mol. The minimum atomic E-state index is -0.508. The summed E-state index contributed by atoms with van der Waals surface area (Å²) in [6.07, 6.45) is 3.13. The zero-order valence-electron chi connectivity index (χ0n) is 11.6. The smallest absolute Gasteiger partial charge is 0.307 e. The molecule has 0 unspecified atom stereocenters. The molecule has 20 heavy (non-hydrogen) atoms. The van der Waals surface area contributed by atoms with Gasteiger partial charge in [-0.05, 0) is 37.8 Å². The van der Waals surface area contributed by atoms with Gasteiger partial charge in [-0.3, -0.25) is 9.59 Å². The number of ether oxygens (including phenoxy) is 1. The minimum absolute atomic E-state index is 0.227. The molecule has 3 N–H and O–H groups in total. The van der Waals surface area contributed by atoms with E-state index in [1.54, 1.807) is 6.92 Å². The predicted octanol–water partition coefficient (Wildman–Crippen LogP) is 1.03. The Morgan fingerprint density at radius 2 is 2.25 bits per heavy atom. The third kappa shape index (κ3) is 3.26. The molecule has 0 saturated heterocycles. The number of amides is 1. The number of nitrogens with one attached hydrogen (secondary N) is 1. The second-order valence-electron chi connectivity index (χ2n) is 4.69. The van der Waals surface area contributed by atoms with Crippen LogP contribution >= 0.6 is 0 Å². The van der Waals surface area contributed by atoms with E-state index in [9.17, 15) is 9.59 Å². The number of carbonyl (C=O) groups excluding carboxylic acids is 2. The van der Waals surface area contributed by atoms with Gasteiger partial charge in [0.05, 0.1) is 18.6 Å². The zero-order chi connectivity index (χ0) is 14.5. The second-order valence-corrected chi connectivity index (χ2v) is 4.69. The van der Waals surface area contributed by atoms with Crippen LogP contribution in [0.4, 0.5) is 5.82 Å². The van der Waals surface area contributed by atoms with E-state index < -0.39 is 5.91 Å². The molecule has 6 nitrogen and oxygen atoms in total. The van der Waals surface area contributed by atoms with Gasteiger partial charge in [-0.15, -0.1) is 0 Å². The molecule has 1 amide bonds. The van der Waals surface area contributed by atoms with E-state index in [-0.39, 0.29) is 12.4 Å². The van der Waals surface area contributed by atoms with Crippen LogP contribution in [0.5, 0.6) is 0 Å². The van der Waals surface area contributed by atoms with Crippen LogP contribution in [-0.2, 0) is 22.4 Å². The number of hydrogen-bond acceptors (Lipinski definition) is 5. The molecule has 1 aromatic heterocycles. The van der Waals surface area contributed by atoms with E-state index in [0.717, 1.165) is 30.5 Å². The van der Waals surface area contributed by atoms with Crippen LogP contribution in [0.25, 0.3) is 0 Å². The fourth-order valence-corrected chi connectivity index (χ4v) is 2.31. The fraction of sp³-hybridized carbons (Fsp3) is 0.500. The van der Waals surface area contributed by atoms with Crippen LogP contribution < -0.4 is 11.1 Å². The number of primary amides is 1. The second kappa shape index (κ2) is 6.36. The molecule has 1 aliphatic carbocycles. The summed E-state index contributed by atoms with van der Waals surface area (Å²) in [4.78, 5) is 27.2. The molecule has 0 saturated carbocycles. The maximum atomic E-state index is 11.5. The Morgan fingerprint density at radius 1 is 1.45 bits per heavy atom. The number of aromatic nitrogens is 1. The van der Waals surface area contributed by atoms with E-state index in [0.29, 0.717) is 24.5 Å². The normalized spacial score (nSPS) is 12.8. The largest absolute Gasteiger partial charge is 0.466 e. The fourth-order valence-electron chi connectivity index (χ4n) is 2.31. The van der Waals surface area contributed by atoms with Gasteiger partial charge in [0.2, 0.25) is 0 Å². The van der Waals surface area contributed by atoms with Crippen molar-refractivity contribution < 1.29 is 14.3 Å². The number of hydrogen-bond donors (Lipinski definition) is 2. The molecular formula is C14H19N3O3. The molecule has 0 fully saturated rings. The topological polar surface area (TPSA) is 94.3 Å². The van der Waals surface area contributed by atoms with Crippen molar-refractivity contribution in [3.63, 3.8) is 0 Å². The first-order chi connectivity index (χ1) is 9.61. The lowest BCUT2D eigenvalue weighted by molar-refractivity contribution is -0.142. The molecule has 1 aromatic rings. The van der Waals surface area contributed by atoms with Gasteiger partial charge in [-0.25, -0.2) is 4.98 Å². The Morgan fingerprint density at radius 3 is 2.95 bits per heavy atom. The SMILES string of the molecule is CCOC(=O)CCNc1nc2c(cc1C(N)=O)CCC2. The van der Waals surface area contributed by atoms with Gasteiger partial charge >= 0.3 is 5.97 Å². The van der Waals surface area contributed by atoms with Crippen molar-refractivity contribution >= 4 is 17.7 Å². The number of nitrogens with zero attached hydrogens (tertiary/aromatic N) is 1. The Balaban J connectivity index is 2.06.